The van der Waals surface area contributed by atoms with Crippen LogP contribution in [0.15, 0.2) is 21.7 Å². The van der Waals surface area contributed by atoms with Gasteiger partial charge in [0.1, 0.15) is 4.21 Å². The van der Waals surface area contributed by atoms with E-state index in [9.17, 15) is 22.0 Å². The molecule has 0 atom stereocenters. The summed E-state index contributed by atoms with van der Waals surface area (Å²) in [6.07, 6.45) is 0. The second kappa shape index (κ2) is 7.84. The third-order valence-electron chi connectivity index (χ3n) is 2.03. The van der Waals surface area contributed by atoms with Crippen molar-refractivity contribution >= 4 is 39.7 Å². The van der Waals surface area contributed by atoms with Crippen LogP contribution in [0.5, 0.6) is 0 Å². The van der Waals surface area contributed by atoms with E-state index in [2.05, 4.69) is 0 Å². The van der Waals surface area contributed by atoms with E-state index in [4.69, 9.17) is 5.73 Å². The molecule has 0 aliphatic heterocycles. The van der Waals surface area contributed by atoms with Crippen LogP contribution in [0.25, 0.3) is 0 Å². The highest BCUT2D eigenvalue weighted by molar-refractivity contribution is 7.91. The lowest BCUT2D eigenvalue weighted by molar-refractivity contribution is -0.121. The minimum atomic E-state index is -3.78. The summed E-state index contributed by atoms with van der Waals surface area (Å²) >= 11 is 0.984. The van der Waals surface area contributed by atoms with Crippen molar-refractivity contribution in [2.24, 2.45) is 5.73 Å². The van der Waals surface area contributed by atoms with E-state index < -0.39 is 41.5 Å². The molecule has 0 aliphatic carbocycles. The molecule has 4 N–H and O–H groups in total. The molecule has 1 aromatic heterocycles. The summed E-state index contributed by atoms with van der Waals surface area (Å²) in [6, 6.07) is 2.91. The molecule has 0 aromatic carbocycles. The third-order valence-corrected chi connectivity index (χ3v) is 4.82. The highest BCUT2D eigenvalue weighted by Gasteiger charge is 2.27. The smallest absolute Gasteiger partial charge is 0.277 e. The van der Waals surface area contributed by atoms with Crippen molar-refractivity contribution in [2.45, 2.75) is 10.1 Å². The number of amides is 1. The molecule has 6 nitrogen and oxygen atoms in total. The van der Waals surface area contributed by atoms with E-state index in [-0.39, 0.29) is 16.6 Å². The lowest BCUT2D eigenvalue weighted by Crippen LogP contribution is -2.44. The second-order valence-corrected chi connectivity index (χ2v) is 6.53. The number of nitrogens with two attached hydrogens (primary N) is 1. The van der Waals surface area contributed by atoms with Gasteiger partial charge >= 0.3 is 0 Å². The van der Waals surface area contributed by atoms with Gasteiger partial charge in [0, 0.05) is 0 Å². The third kappa shape index (κ3) is 6.09. The Hall–Kier alpha value is -0.810. The van der Waals surface area contributed by atoms with Gasteiger partial charge in [0.2, 0.25) is 5.91 Å². The summed E-state index contributed by atoms with van der Waals surface area (Å²) < 4.78 is 50.7. The van der Waals surface area contributed by atoms with Crippen LogP contribution in [0.4, 0.5) is 8.78 Å². The molecule has 0 aliphatic rings. The predicted molar refractivity (Wildman–Crippen MR) is 73.8 cm³/mol. The van der Waals surface area contributed by atoms with Gasteiger partial charge < -0.3 is 11.1 Å². The molecule has 1 heterocycles. The summed E-state index contributed by atoms with van der Waals surface area (Å²) in [7, 11) is -3.78. The standard InChI is InChI=1S/C9H13F2N3O3S2.ClH/c10-9(11,5-12)6-13-7(15)4-14-19(16,17)8-2-1-3-18-8;/h1-3,14H,4-6,12H2,(H,13,15);1H. The Labute approximate surface area is 125 Å². The number of hydrogen-bond acceptors (Lipinski definition) is 5. The molecular weight excluding hydrogens is 336 g/mol. The van der Waals surface area contributed by atoms with E-state index in [1.54, 1.807) is 11.4 Å². The Morgan fingerprint density at radius 3 is 2.60 bits per heavy atom. The van der Waals surface area contributed by atoms with Crippen LogP contribution < -0.4 is 15.8 Å². The Morgan fingerprint density at radius 2 is 2.10 bits per heavy atom. The minimum absolute atomic E-state index is 0. The molecule has 1 aromatic rings. The van der Waals surface area contributed by atoms with Crippen LogP contribution in [0.2, 0.25) is 0 Å². The van der Waals surface area contributed by atoms with Crippen LogP contribution in [-0.4, -0.2) is 39.9 Å². The summed E-state index contributed by atoms with van der Waals surface area (Å²) in [5.74, 6) is -4.06. The molecule has 20 heavy (non-hydrogen) atoms. The predicted octanol–water partition coefficient (Wildman–Crippen LogP) is 0.158. The van der Waals surface area contributed by atoms with E-state index in [1.807, 2.05) is 10.0 Å². The second-order valence-electron chi connectivity index (χ2n) is 3.59. The van der Waals surface area contributed by atoms with Gasteiger partial charge in [-0.05, 0) is 11.4 Å². The molecule has 0 bridgehead atoms. The van der Waals surface area contributed by atoms with Crippen molar-refractivity contribution in [1.29, 1.82) is 0 Å². The zero-order chi connectivity index (χ0) is 14.5. The SMILES string of the molecule is Cl.NCC(F)(F)CNC(=O)CNS(=O)(=O)c1cccs1. The van der Waals surface area contributed by atoms with Crippen molar-refractivity contribution in [2.75, 3.05) is 19.6 Å². The Morgan fingerprint density at radius 1 is 1.45 bits per heavy atom. The molecule has 11 heteroatoms. The Kier molecular flexibility index (Phi) is 7.52. The van der Waals surface area contributed by atoms with E-state index in [1.165, 1.54) is 6.07 Å². The van der Waals surface area contributed by atoms with Crippen molar-refractivity contribution in [3.63, 3.8) is 0 Å². The van der Waals surface area contributed by atoms with E-state index in [0.29, 0.717) is 0 Å². The first kappa shape index (κ1) is 19.2. The van der Waals surface area contributed by atoms with Gasteiger partial charge in [-0.15, -0.1) is 23.7 Å². The average molecular weight is 350 g/mol. The van der Waals surface area contributed by atoms with Crippen LogP contribution in [0.3, 0.4) is 0 Å². The minimum Gasteiger partial charge on any atom is -0.349 e. The number of nitrogens with one attached hydrogen (secondary N) is 2. The first-order chi connectivity index (χ1) is 8.77. The molecule has 1 rings (SSSR count). The van der Waals surface area contributed by atoms with Gasteiger partial charge in [-0.25, -0.2) is 21.9 Å². The maximum atomic E-state index is 12.7. The largest absolute Gasteiger partial charge is 0.349 e. The molecule has 0 spiro atoms. The van der Waals surface area contributed by atoms with Gasteiger partial charge in [0.25, 0.3) is 15.9 Å². The zero-order valence-corrected chi connectivity index (χ0v) is 12.6. The number of alkyl halides is 2. The Bertz CT molecular complexity index is 523. The lowest BCUT2D eigenvalue weighted by atomic mass is 10.3. The molecule has 0 saturated carbocycles. The normalized spacial score (nSPS) is 11.8. The molecule has 1 amide bonds. The Balaban J connectivity index is 0.00000361. The summed E-state index contributed by atoms with van der Waals surface area (Å²) in [5, 5.41) is 3.47. The van der Waals surface area contributed by atoms with Crippen LogP contribution in [0.1, 0.15) is 0 Å². The maximum Gasteiger partial charge on any atom is 0.277 e. The number of halogens is 3. The molecule has 116 valence electrons. The van der Waals surface area contributed by atoms with Gasteiger partial charge in [-0.2, -0.15) is 0 Å². The first-order valence-electron chi connectivity index (χ1n) is 5.14. The van der Waals surface area contributed by atoms with Crippen molar-refractivity contribution in [3.05, 3.63) is 17.5 Å². The van der Waals surface area contributed by atoms with Crippen LogP contribution in [0, 0.1) is 0 Å². The van der Waals surface area contributed by atoms with Crippen molar-refractivity contribution in [1.82, 2.24) is 10.0 Å². The summed E-state index contributed by atoms with van der Waals surface area (Å²) in [5.41, 5.74) is 4.79. The fraction of sp³-hybridized carbons (Fsp3) is 0.444. The van der Waals surface area contributed by atoms with Crippen molar-refractivity contribution < 1.29 is 22.0 Å². The van der Waals surface area contributed by atoms with Gasteiger partial charge in [-0.1, -0.05) is 6.07 Å². The molecular formula is C9H14ClF2N3O3S2. The van der Waals surface area contributed by atoms with Crippen molar-refractivity contribution in [3.8, 4) is 0 Å². The number of carbonyl (C=O) groups is 1. The van der Waals surface area contributed by atoms with Crippen LogP contribution >= 0.6 is 23.7 Å². The van der Waals surface area contributed by atoms with Gasteiger partial charge in [0.15, 0.2) is 0 Å². The highest BCUT2D eigenvalue weighted by atomic mass is 35.5. The molecule has 0 fully saturated rings. The fourth-order valence-electron chi connectivity index (χ4n) is 1.01. The molecule has 0 radical (unpaired) electrons. The molecule has 0 unspecified atom stereocenters. The average Bonchev–Trinajstić information content (AvgIpc) is 2.89. The van der Waals surface area contributed by atoms with Gasteiger partial charge in [0.05, 0.1) is 19.6 Å². The summed E-state index contributed by atoms with van der Waals surface area (Å²) in [4.78, 5) is 11.2. The topological polar surface area (TPSA) is 101 Å². The highest BCUT2D eigenvalue weighted by Crippen LogP contribution is 2.14. The maximum absolute atomic E-state index is 12.7. The number of thiophene rings is 1. The lowest BCUT2D eigenvalue weighted by Gasteiger charge is -2.14. The van der Waals surface area contributed by atoms with Crippen LogP contribution in [-0.2, 0) is 14.8 Å². The first-order valence-corrected chi connectivity index (χ1v) is 7.51. The van der Waals surface area contributed by atoms with E-state index in [0.717, 1.165) is 11.3 Å². The number of carbonyl (C=O) groups excluding carboxylic acids is 1. The van der Waals surface area contributed by atoms with E-state index >= 15 is 0 Å². The quantitative estimate of drug-likeness (QED) is 0.652. The summed E-state index contributed by atoms with van der Waals surface area (Å²) in [6.45, 7) is -2.43. The zero-order valence-electron chi connectivity index (χ0n) is 10.1. The fourth-order valence-corrected chi connectivity index (χ4v) is 3.03. The number of sulfonamides is 1. The monoisotopic (exact) mass is 349 g/mol. The molecule has 0 saturated heterocycles. The number of rotatable bonds is 7. The van der Waals surface area contributed by atoms with Gasteiger partial charge in [-0.3, -0.25) is 4.79 Å². The number of hydrogen-bond donors (Lipinski definition) is 3.